The first-order valence-corrected chi connectivity index (χ1v) is 9.65. The van der Waals surface area contributed by atoms with Crippen molar-refractivity contribution >= 4 is 11.8 Å². The lowest BCUT2D eigenvalue weighted by atomic mass is 9.91. The molecule has 1 N–H and O–H groups in total. The number of nitrogens with one attached hydrogen (secondary N) is 1. The van der Waals surface area contributed by atoms with Gasteiger partial charge in [-0.05, 0) is 55.9 Å². The van der Waals surface area contributed by atoms with E-state index < -0.39 is 0 Å². The Bertz CT molecular complexity index is 768. The summed E-state index contributed by atoms with van der Waals surface area (Å²) >= 11 is 0. The van der Waals surface area contributed by atoms with Gasteiger partial charge >= 0.3 is 0 Å². The summed E-state index contributed by atoms with van der Waals surface area (Å²) in [5.74, 6) is 0.699. The number of carbonyl (C=O) groups excluding carboxylic acids is 2. The van der Waals surface area contributed by atoms with Crippen LogP contribution in [0.2, 0.25) is 0 Å². The van der Waals surface area contributed by atoms with Gasteiger partial charge in [0.05, 0.1) is 12.2 Å². The van der Waals surface area contributed by atoms with Gasteiger partial charge < -0.3 is 10.2 Å². The monoisotopic (exact) mass is 365 g/mol. The molecule has 27 heavy (non-hydrogen) atoms. The first-order valence-electron chi connectivity index (χ1n) is 9.65. The van der Waals surface area contributed by atoms with Gasteiger partial charge in [0.2, 0.25) is 5.91 Å². The number of rotatable bonds is 6. The van der Waals surface area contributed by atoms with E-state index in [1.807, 2.05) is 54.3 Å². The van der Waals surface area contributed by atoms with Crippen LogP contribution in [0, 0.1) is 12.8 Å². The van der Waals surface area contributed by atoms with E-state index in [4.69, 9.17) is 0 Å². The Balaban J connectivity index is 1.39. The summed E-state index contributed by atoms with van der Waals surface area (Å²) in [5, 5.41) is 2.93. The Kier molecular flexibility index (Phi) is 6.58. The van der Waals surface area contributed by atoms with E-state index in [9.17, 15) is 9.59 Å². The Morgan fingerprint density at radius 2 is 1.85 bits per heavy atom. The van der Waals surface area contributed by atoms with Gasteiger partial charge in [-0.25, -0.2) is 0 Å². The van der Waals surface area contributed by atoms with E-state index in [0.717, 1.165) is 49.2 Å². The van der Waals surface area contributed by atoms with Crippen molar-refractivity contribution in [3.63, 3.8) is 0 Å². The highest BCUT2D eigenvalue weighted by Crippen LogP contribution is 2.23. The van der Waals surface area contributed by atoms with Crippen molar-refractivity contribution in [1.82, 2.24) is 15.2 Å². The Labute approximate surface area is 160 Å². The molecule has 0 atom stereocenters. The molecule has 1 saturated heterocycles. The van der Waals surface area contributed by atoms with Crippen molar-refractivity contribution in [3.8, 4) is 0 Å². The Morgan fingerprint density at radius 1 is 1.11 bits per heavy atom. The maximum Gasteiger partial charge on any atom is 0.254 e. The largest absolute Gasteiger partial charge is 0.350 e. The van der Waals surface area contributed by atoms with Crippen LogP contribution in [0.4, 0.5) is 0 Å². The SMILES string of the molecule is Cc1ccccc1C(=O)N1CCC(CCC(=O)NCc2ccccn2)CC1. The van der Waals surface area contributed by atoms with Crippen LogP contribution in [0.1, 0.15) is 47.3 Å². The van der Waals surface area contributed by atoms with Crippen LogP contribution in [0.3, 0.4) is 0 Å². The summed E-state index contributed by atoms with van der Waals surface area (Å²) in [4.78, 5) is 30.9. The van der Waals surface area contributed by atoms with Gasteiger partial charge in [0.1, 0.15) is 0 Å². The molecule has 1 fully saturated rings. The highest BCUT2D eigenvalue weighted by atomic mass is 16.2. The van der Waals surface area contributed by atoms with Gasteiger partial charge in [0.15, 0.2) is 0 Å². The summed E-state index contributed by atoms with van der Waals surface area (Å²) in [6, 6.07) is 13.4. The molecule has 2 aromatic rings. The fourth-order valence-electron chi connectivity index (χ4n) is 3.52. The fraction of sp³-hybridized carbons (Fsp3) is 0.409. The maximum absolute atomic E-state index is 12.7. The van der Waals surface area contributed by atoms with Gasteiger partial charge in [0, 0.05) is 31.3 Å². The normalized spacial score (nSPS) is 14.8. The molecule has 1 aromatic carbocycles. The fourth-order valence-corrected chi connectivity index (χ4v) is 3.52. The lowest BCUT2D eigenvalue weighted by Gasteiger charge is -2.32. The van der Waals surface area contributed by atoms with Crippen LogP contribution < -0.4 is 5.32 Å². The van der Waals surface area contributed by atoms with E-state index >= 15 is 0 Å². The first kappa shape index (κ1) is 19.1. The number of benzene rings is 1. The number of pyridine rings is 1. The summed E-state index contributed by atoms with van der Waals surface area (Å²) < 4.78 is 0. The van der Waals surface area contributed by atoms with E-state index in [1.54, 1.807) is 6.20 Å². The summed E-state index contributed by atoms with van der Waals surface area (Å²) in [7, 11) is 0. The van der Waals surface area contributed by atoms with E-state index in [-0.39, 0.29) is 11.8 Å². The zero-order valence-electron chi connectivity index (χ0n) is 15.9. The highest BCUT2D eigenvalue weighted by molar-refractivity contribution is 5.95. The Hall–Kier alpha value is -2.69. The van der Waals surface area contributed by atoms with Gasteiger partial charge in [0.25, 0.3) is 5.91 Å². The minimum atomic E-state index is 0.0686. The summed E-state index contributed by atoms with van der Waals surface area (Å²) in [5.41, 5.74) is 2.69. The van der Waals surface area contributed by atoms with Crippen LogP contribution >= 0.6 is 0 Å². The average Bonchev–Trinajstić information content (AvgIpc) is 2.72. The van der Waals surface area contributed by atoms with Gasteiger partial charge in [-0.15, -0.1) is 0 Å². The maximum atomic E-state index is 12.7. The van der Waals surface area contributed by atoms with Crippen molar-refractivity contribution < 1.29 is 9.59 Å². The molecule has 1 aromatic heterocycles. The van der Waals surface area contributed by atoms with Crippen molar-refractivity contribution in [2.24, 2.45) is 5.92 Å². The van der Waals surface area contributed by atoms with E-state index in [2.05, 4.69) is 10.3 Å². The zero-order valence-corrected chi connectivity index (χ0v) is 15.9. The molecule has 2 heterocycles. The van der Waals surface area contributed by atoms with Crippen LogP contribution in [-0.2, 0) is 11.3 Å². The number of nitrogens with zero attached hydrogens (tertiary/aromatic N) is 2. The molecule has 0 bridgehead atoms. The first-order chi connectivity index (χ1) is 13.1. The topological polar surface area (TPSA) is 62.3 Å². The van der Waals surface area contributed by atoms with E-state index in [1.165, 1.54) is 0 Å². The molecule has 0 unspecified atom stereocenters. The minimum Gasteiger partial charge on any atom is -0.350 e. The molecule has 0 aliphatic carbocycles. The molecule has 5 nitrogen and oxygen atoms in total. The van der Waals surface area contributed by atoms with Crippen molar-refractivity contribution in [2.45, 2.75) is 39.2 Å². The molecule has 3 rings (SSSR count). The lowest BCUT2D eigenvalue weighted by Crippen LogP contribution is -2.39. The van der Waals surface area contributed by atoms with Gasteiger partial charge in [-0.2, -0.15) is 0 Å². The molecule has 142 valence electrons. The number of piperidine rings is 1. The van der Waals surface area contributed by atoms with Crippen LogP contribution in [-0.4, -0.2) is 34.8 Å². The molecule has 5 heteroatoms. The zero-order chi connectivity index (χ0) is 19.1. The number of hydrogen-bond acceptors (Lipinski definition) is 3. The van der Waals surface area contributed by atoms with E-state index in [0.29, 0.717) is 18.9 Å². The molecule has 2 amide bonds. The second-order valence-electron chi connectivity index (χ2n) is 7.19. The molecule has 1 aliphatic heterocycles. The van der Waals surface area contributed by atoms with Crippen molar-refractivity contribution in [2.75, 3.05) is 13.1 Å². The number of carbonyl (C=O) groups is 2. The standard InChI is InChI=1S/C22H27N3O2/c1-17-6-2-3-8-20(17)22(27)25-14-11-18(12-15-25)9-10-21(26)24-16-19-7-4-5-13-23-19/h2-8,13,18H,9-12,14-16H2,1H3,(H,24,26). The minimum absolute atomic E-state index is 0.0686. The van der Waals surface area contributed by atoms with Crippen molar-refractivity contribution in [3.05, 3.63) is 65.5 Å². The summed E-state index contributed by atoms with van der Waals surface area (Å²) in [6.45, 7) is 3.99. The highest BCUT2D eigenvalue weighted by Gasteiger charge is 2.24. The summed E-state index contributed by atoms with van der Waals surface area (Å²) in [6.07, 6.45) is 5.06. The molecule has 0 spiro atoms. The molecular formula is C22H27N3O2. The quantitative estimate of drug-likeness (QED) is 0.854. The predicted molar refractivity (Wildman–Crippen MR) is 105 cm³/mol. The van der Waals surface area contributed by atoms with Crippen LogP contribution in [0.15, 0.2) is 48.7 Å². The number of hydrogen-bond donors (Lipinski definition) is 1. The Morgan fingerprint density at radius 3 is 2.56 bits per heavy atom. The third-order valence-corrected chi connectivity index (χ3v) is 5.25. The number of aryl methyl sites for hydroxylation is 1. The molecule has 0 radical (unpaired) electrons. The second-order valence-corrected chi connectivity index (χ2v) is 7.19. The third kappa shape index (κ3) is 5.39. The average molecular weight is 365 g/mol. The predicted octanol–water partition coefficient (Wildman–Crippen LogP) is 3.34. The third-order valence-electron chi connectivity index (χ3n) is 5.25. The van der Waals surface area contributed by atoms with Crippen LogP contribution in [0.25, 0.3) is 0 Å². The molecular weight excluding hydrogens is 338 g/mol. The molecule has 0 saturated carbocycles. The molecule has 1 aliphatic rings. The smallest absolute Gasteiger partial charge is 0.254 e. The van der Waals surface area contributed by atoms with Crippen LogP contribution in [0.5, 0.6) is 0 Å². The van der Waals surface area contributed by atoms with Crippen molar-refractivity contribution in [1.29, 1.82) is 0 Å². The number of amides is 2. The van der Waals surface area contributed by atoms with Gasteiger partial charge in [-0.1, -0.05) is 24.3 Å². The number of aromatic nitrogens is 1. The second kappa shape index (κ2) is 9.31. The number of likely N-dealkylation sites (tertiary alicyclic amines) is 1. The lowest BCUT2D eigenvalue weighted by molar-refractivity contribution is -0.121. The van der Waals surface area contributed by atoms with Gasteiger partial charge in [-0.3, -0.25) is 14.6 Å².